The minimum Gasteiger partial charge on any atom is -0.342 e. The molecule has 2 aliphatic heterocycles. The number of nitrogens with zero attached hydrogens (tertiary/aromatic N) is 2. The Morgan fingerprint density at radius 3 is 2.72 bits per heavy atom. The van der Waals surface area contributed by atoms with Gasteiger partial charge in [-0.05, 0) is 38.7 Å². The molecular formula is C19H28N2O3S. The maximum Gasteiger partial charge on any atom is 0.222 e. The van der Waals surface area contributed by atoms with E-state index in [1.807, 2.05) is 43.0 Å². The lowest BCUT2D eigenvalue weighted by Crippen LogP contribution is -2.55. The van der Waals surface area contributed by atoms with Crippen molar-refractivity contribution in [3.8, 4) is 0 Å². The van der Waals surface area contributed by atoms with Crippen LogP contribution < -0.4 is 0 Å². The van der Waals surface area contributed by atoms with Crippen molar-refractivity contribution in [2.75, 3.05) is 26.2 Å². The Bertz CT molecular complexity index is 747. The van der Waals surface area contributed by atoms with E-state index in [0.717, 1.165) is 30.4 Å². The Morgan fingerprint density at radius 1 is 1.20 bits per heavy atom. The monoisotopic (exact) mass is 364 g/mol. The van der Waals surface area contributed by atoms with Crippen LogP contribution in [-0.2, 0) is 20.6 Å². The van der Waals surface area contributed by atoms with Crippen LogP contribution in [0.5, 0.6) is 0 Å². The molecular weight excluding hydrogens is 336 g/mol. The average Bonchev–Trinajstić information content (AvgIpc) is 2.57. The van der Waals surface area contributed by atoms with Gasteiger partial charge in [0.1, 0.15) is 0 Å². The van der Waals surface area contributed by atoms with Gasteiger partial charge in [0, 0.05) is 38.0 Å². The third-order valence-corrected chi connectivity index (χ3v) is 7.38. The Hall–Kier alpha value is -1.40. The fourth-order valence-electron chi connectivity index (χ4n) is 4.23. The van der Waals surface area contributed by atoms with Crippen LogP contribution in [0.4, 0.5) is 0 Å². The Kier molecular flexibility index (Phi) is 5.21. The summed E-state index contributed by atoms with van der Waals surface area (Å²) >= 11 is 0. The zero-order valence-corrected chi connectivity index (χ0v) is 16.0. The molecule has 0 radical (unpaired) electrons. The second-order valence-corrected chi connectivity index (χ2v) is 9.56. The van der Waals surface area contributed by atoms with Crippen molar-refractivity contribution in [3.05, 3.63) is 35.4 Å². The highest BCUT2D eigenvalue weighted by Gasteiger charge is 2.43. The van der Waals surface area contributed by atoms with Crippen molar-refractivity contribution in [3.63, 3.8) is 0 Å². The molecule has 0 bridgehead atoms. The first-order valence-corrected chi connectivity index (χ1v) is 10.8. The summed E-state index contributed by atoms with van der Waals surface area (Å²) in [5, 5.41) is 0. The van der Waals surface area contributed by atoms with Gasteiger partial charge in [0.2, 0.25) is 15.9 Å². The summed E-state index contributed by atoms with van der Waals surface area (Å²) in [6.07, 6.45) is 3.23. The zero-order valence-electron chi connectivity index (χ0n) is 15.2. The topological polar surface area (TPSA) is 57.7 Å². The predicted octanol–water partition coefficient (Wildman–Crippen LogP) is 2.55. The number of aryl methyl sites for hydroxylation is 1. The quantitative estimate of drug-likeness (QED) is 0.825. The van der Waals surface area contributed by atoms with Crippen LogP contribution in [0, 0.1) is 12.3 Å². The van der Waals surface area contributed by atoms with Gasteiger partial charge in [0.15, 0.2) is 0 Å². The van der Waals surface area contributed by atoms with Gasteiger partial charge in [-0.3, -0.25) is 4.79 Å². The summed E-state index contributed by atoms with van der Waals surface area (Å²) in [7, 11) is -3.34. The van der Waals surface area contributed by atoms with E-state index in [4.69, 9.17) is 0 Å². The highest BCUT2D eigenvalue weighted by Crippen LogP contribution is 2.39. The van der Waals surface area contributed by atoms with Crippen LogP contribution in [0.1, 0.15) is 43.7 Å². The number of carbonyl (C=O) groups excluding carboxylic acids is 1. The SMILES string of the molecule is CCN1CC2(CCCN(S(=O)(=O)Cc3cccc(C)c3)C2)CCC1=O. The van der Waals surface area contributed by atoms with Crippen LogP contribution in [0.3, 0.4) is 0 Å². The molecule has 5 nitrogen and oxygen atoms in total. The van der Waals surface area contributed by atoms with E-state index in [2.05, 4.69) is 0 Å². The molecule has 2 aliphatic rings. The number of amides is 1. The van der Waals surface area contributed by atoms with Crippen LogP contribution in [0.15, 0.2) is 24.3 Å². The lowest BCUT2D eigenvalue weighted by atomic mass is 9.74. The van der Waals surface area contributed by atoms with Crippen LogP contribution in [-0.4, -0.2) is 49.7 Å². The third-order valence-electron chi connectivity index (χ3n) is 5.58. The van der Waals surface area contributed by atoms with Gasteiger partial charge in [-0.2, -0.15) is 0 Å². The largest absolute Gasteiger partial charge is 0.342 e. The number of sulfonamides is 1. The Morgan fingerprint density at radius 2 is 2.00 bits per heavy atom. The Labute approximate surface area is 151 Å². The van der Waals surface area contributed by atoms with Gasteiger partial charge >= 0.3 is 0 Å². The molecule has 1 aromatic carbocycles. The second-order valence-electron chi connectivity index (χ2n) is 7.59. The average molecular weight is 365 g/mol. The molecule has 0 aromatic heterocycles. The van der Waals surface area contributed by atoms with E-state index >= 15 is 0 Å². The van der Waals surface area contributed by atoms with Gasteiger partial charge in [-0.25, -0.2) is 12.7 Å². The van der Waals surface area contributed by atoms with Crippen LogP contribution >= 0.6 is 0 Å². The van der Waals surface area contributed by atoms with Crippen molar-refractivity contribution in [2.24, 2.45) is 5.41 Å². The van der Waals surface area contributed by atoms with Crippen molar-refractivity contribution >= 4 is 15.9 Å². The molecule has 1 spiro atoms. The molecule has 1 atom stereocenters. The van der Waals surface area contributed by atoms with Gasteiger partial charge in [-0.1, -0.05) is 29.8 Å². The van der Waals surface area contributed by atoms with E-state index in [-0.39, 0.29) is 17.1 Å². The van der Waals surface area contributed by atoms with Crippen LogP contribution in [0.2, 0.25) is 0 Å². The number of piperidine rings is 2. The van der Waals surface area contributed by atoms with Gasteiger partial charge in [-0.15, -0.1) is 0 Å². The summed E-state index contributed by atoms with van der Waals surface area (Å²) in [6.45, 7) is 6.51. The van der Waals surface area contributed by atoms with E-state index in [9.17, 15) is 13.2 Å². The zero-order chi connectivity index (χ0) is 18.1. The normalized spacial score (nSPS) is 25.5. The fraction of sp³-hybridized carbons (Fsp3) is 0.632. The third kappa shape index (κ3) is 4.06. The smallest absolute Gasteiger partial charge is 0.222 e. The molecule has 6 heteroatoms. The highest BCUT2D eigenvalue weighted by atomic mass is 32.2. The summed E-state index contributed by atoms with van der Waals surface area (Å²) in [6, 6.07) is 7.70. The first-order chi connectivity index (χ1) is 11.8. The molecule has 3 rings (SSSR count). The predicted molar refractivity (Wildman–Crippen MR) is 98.5 cm³/mol. The van der Waals surface area contributed by atoms with Gasteiger partial charge < -0.3 is 4.90 Å². The number of benzene rings is 1. The molecule has 0 N–H and O–H groups in total. The van der Waals surface area contributed by atoms with Crippen molar-refractivity contribution in [1.29, 1.82) is 0 Å². The van der Waals surface area contributed by atoms with E-state index in [1.165, 1.54) is 0 Å². The number of hydrogen-bond donors (Lipinski definition) is 0. The number of hydrogen-bond acceptors (Lipinski definition) is 3. The molecule has 2 saturated heterocycles. The standard InChI is InChI=1S/C19H28N2O3S/c1-3-20-14-19(10-8-18(20)22)9-5-11-21(15-19)25(23,24)13-17-7-4-6-16(2)12-17/h4,6-7,12H,3,5,8-11,13-15H2,1-2H3. The summed E-state index contributed by atoms with van der Waals surface area (Å²) < 4.78 is 27.6. The van der Waals surface area contributed by atoms with Crippen molar-refractivity contribution in [2.45, 2.75) is 45.3 Å². The summed E-state index contributed by atoms with van der Waals surface area (Å²) in [5.41, 5.74) is 1.85. The van der Waals surface area contributed by atoms with Crippen molar-refractivity contribution < 1.29 is 13.2 Å². The van der Waals surface area contributed by atoms with Gasteiger partial charge in [0.25, 0.3) is 0 Å². The lowest BCUT2D eigenvalue weighted by Gasteiger charge is -2.47. The minimum atomic E-state index is -3.34. The maximum absolute atomic E-state index is 13.0. The summed E-state index contributed by atoms with van der Waals surface area (Å²) in [5.74, 6) is 0.258. The molecule has 1 amide bonds. The molecule has 2 fully saturated rings. The number of rotatable bonds is 4. The number of carbonyl (C=O) groups is 1. The lowest BCUT2D eigenvalue weighted by molar-refractivity contribution is -0.138. The van der Waals surface area contributed by atoms with E-state index < -0.39 is 10.0 Å². The number of likely N-dealkylation sites (tertiary alicyclic amines) is 1. The molecule has 1 unspecified atom stereocenters. The van der Waals surface area contributed by atoms with Crippen molar-refractivity contribution in [1.82, 2.24) is 9.21 Å². The summed E-state index contributed by atoms with van der Waals surface area (Å²) in [4.78, 5) is 13.9. The molecule has 25 heavy (non-hydrogen) atoms. The Balaban J connectivity index is 1.75. The first-order valence-electron chi connectivity index (χ1n) is 9.15. The molecule has 0 saturated carbocycles. The molecule has 2 heterocycles. The maximum atomic E-state index is 13.0. The van der Waals surface area contributed by atoms with E-state index in [0.29, 0.717) is 32.6 Å². The second kappa shape index (κ2) is 7.08. The first kappa shape index (κ1) is 18.4. The van der Waals surface area contributed by atoms with Crippen LogP contribution in [0.25, 0.3) is 0 Å². The molecule has 0 aliphatic carbocycles. The highest BCUT2D eigenvalue weighted by molar-refractivity contribution is 7.88. The minimum absolute atomic E-state index is 0.0567. The van der Waals surface area contributed by atoms with Gasteiger partial charge in [0.05, 0.1) is 5.75 Å². The molecule has 1 aromatic rings. The fourth-order valence-corrected chi connectivity index (χ4v) is 5.89. The molecule has 138 valence electrons. The van der Waals surface area contributed by atoms with E-state index in [1.54, 1.807) is 4.31 Å².